The molecule has 1 unspecified atom stereocenters. The average Bonchev–Trinajstić information content (AvgIpc) is 1.99. The fraction of sp³-hybridized carbons (Fsp3) is 0.714. The minimum absolute atomic E-state index is 0.0462. The second kappa shape index (κ2) is 6.58. The third-order valence-electron chi connectivity index (χ3n) is 1.17. The first kappa shape index (κ1) is 9.46. The first-order valence-electron chi connectivity index (χ1n) is 3.16. The summed E-state index contributed by atoms with van der Waals surface area (Å²) in [6.07, 6.45) is 3.96. The minimum atomic E-state index is -0.105. The lowest BCUT2D eigenvalue weighted by atomic mass is 10.3. The van der Waals surface area contributed by atoms with Crippen LogP contribution in [0.15, 0.2) is 12.3 Å². The second-order valence-electron chi connectivity index (χ2n) is 1.88. The molecule has 0 aliphatic carbocycles. The fourth-order valence-electron chi connectivity index (χ4n) is 0.549. The minimum Gasteiger partial charge on any atom is -0.505 e. The van der Waals surface area contributed by atoms with Crippen LogP contribution in [0.2, 0.25) is 0 Å². The molecule has 0 bridgehead atoms. The normalized spacial score (nSPS) is 13.9. The molecule has 60 valence electrons. The van der Waals surface area contributed by atoms with Crippen LogP contribution in [-0.2, 0) is 9.47 Å². The molecule has 3 heteroatoms. The van der Waals surface area contributed by atoms with Crippen LogP contribution in [0.4, 0.5) is 0 Å². The van der Waals surface area contributed by atoms with Gasteiger partial charge >= 0.3 is 0 Å². The third kappa shape index (κ3) is 4.35. The van der Waals surface area contributed by atoms with E-state index in [-0.39, 0.29) is 12.7 Å². The van der Waals surface area contributed by atoms with Crippen LogP contribution < -0.4 is 0 Å². The van der Waals surface area contributed by atoms with Gasteiger partial charge in [-0.3, -0.25) is 0 Å². The summed E-state index contributed by atoms with van der Waals surface area (Å²) in [7, 11) is 3.15. The van der Waals surface area contributed by atoms with E-state index in [9.17, 15) is 0 Å². The topological polar surface area (TPSA) is 38.7 Å². The van der Waals surface area contributed by atoms with Crippen molar-refractivity contribution in [3.8, 4) is 0 Å². The molecule has 1 N–H and O–H groups in total. The van der Waals surface area contributed by atoms with Gasteiger partial charge < -0.3 is 14.6 Å². The maximum absolute atomic E-state index is 8.63. The van der Waals surface area contributed by atoms with Crippen molar-refractivity contribution in [3.05, 3.63) is 12.3 Å². The summed E-state index contributed by atoms with van der Waals surface area (Å²) in [5.74, 6) is 0. The Bertz CT molecular complexity index is 86.9. The zero-order chi connectivity index (χ0) is 7.82. The highest BCUT2D eigenvalue weighted by atomic mass is 16.5. The van der Waals surface area contributed by atoms with E-state index in [0.29, 0.717) is 6.42 Å². The summed E-state index contributed by atoms with van der Waals surface area (Å²) in [6, 6.07) is 0. The van der Waals surface area contributed by atoms with Gasteiger partial charge in [-0.1, -0.05) is 0 Å². The standard InChI is InChI=1S/C7H14O3/c1-9-5-3-4-7(6-8)10-2/h3,5,7-8H,4,6H2,1-2H3. The van der Waals surface area contributed by atoms with E-state index in [4.69, 9.17) is 9.84 Å². The highest BCUT2D eigenvalue weighted by Crippen LogP contribution is 1.96. The molecule has 10 heavy (non-hydrogen) atoms. The quantitative estimate of drug-likeness (QED) is 0.575. The van der Waals surface area contributed by atoms with Gasteiger partial charge in [0.1, 0.15) is 0 Å². The molecule has 0 radical (unpaired) electrons. The first-order valence-corrected chi connectivity index (χ1v) is 3.16. The number of hydrogen-bond acceptors (Lipinski definition) is 3. The van der Waals surface area contributed by atoms with Gasteiger partial charge in [-0.2, -0.15) is 0 Å². The largest absolute Gasteiger partial charge is 0.505 e. The van der Waals surface area contributed by atoms with Crippen LogP contribution in [0.3, 0.4) is 0 Å². The van der Waals surface area contributed by atoms with E-state index in [1.165, 1.54) is 0 Å². The highest BCUT2D eigenvalue weighted by Gasteiger charge is 2.00. The van der Waals surface area contributed by atoms with Crippen molar-refractivity contribution in [2.24, 2.45) is 0 Å². The monoisotopic (exact) mass is 146 g/mol. The van der Waals surface area contributed by atoms with E-state index in [1.54, 1.807) is 20.5 Å². The number of rotatable bonds is 5. The summed E-state index contributed by atoms with van der Waals surface area (Å²) in [5.41, 5.74) is 0. The Morgan fingerprint density at radius 1 is 1.50 bits per heavy atom. The van der Waals surface area contributed by atoms with Gasteiger partial charge in [-0.15, -0.1) is 0 Å². The van der Waals surface area contributed by atoms with Crippen LogP contribution >= 0.6 is 0 Å². The van der Waals surface area contributed by atoms with Crippen molar-refractivity contribution in [3.63, 3.8) is 0 Å². The van der Waals surface area contributed by atoms with Gasteiger partial charge in [0.05, 0.1) is 26.1 Å². The number of aliphatic hydroxyl groups excluding tert-OH is 1. The molecule has 0 heterocycles. The molecule has 1 atom stereocenters. The maximum Gasteiger partial charge on any atom is 0.0837 e. The Balaban J connectivity index is 3.34. The van der Waals surface area contributed by atoms with Gasteiger partial charge in [0.25, 0.3) is 0 Å². The SMILES string of the molecule is COC=CCC(CO)OC. The Kier molecular flexibility index (Phi) is 6.22. The molecule has 0 saturated carbocycles. The number of ether oxygens (including phenoxy) is 2. The molecule has 0 spiro atoms. The van der Waals surface area contributed by atoms with E-state index < -0.39 is 0 Å². The van der Waals surface area contributed by atoms with Crippen LogP contribution in [0.5, 0.6) is 0 Å². The lowest BCUT2D eigenvalue weighted by Gasteiger charge is -2.07. The summed E-state index contributed by atoms with van der Waals surface area (Å²) in [6.45, 7) is 0.0462. The van der Waals surface area contributed by atoms with Gasteiger partial charge in [0, 0.05) is 7.11 Å². The summed E-state index contributed by atoms with van der Waals surface area (Å²) >= 11 is 0. The molecular formula is C7H14O3. The maximum atomic E-state index is 8.63. The van der Waals surface area contributed by atoms with Crippen molar-refractivity contribution in [2.45, 2.75) is 12.5 Å². The van der Waals surface area contributed by atoms with E-state index in [1.807, 2.05) is 6.08 Å². The second-order valence-corrected chi connectivity index (χ2v) is 1.88. The van der Waals surface area contributed by atoms with Crippen molar-refractivity contribution >= 4 is 0 Å². The summed E-state index contributed by atoms with van der Waals surface area (Å²) < 4.78 is 9.55. The van der Waals surface area contributed by atoms with Crippen LogP contribution in [0.25, 0.3) is 0 Å². The third-order valence-corrected chi connectivity index (χ3v) is 1.17. The van der Waals surface area contributed by atoms with Crippen molar-refractivity contribution in [1.29, 1.82) is 0 Å². The van der Waals surface area contributed by atoms with Crippen LogP contribution in [0, 0.1) is 0 Å². The molecule has 3 nitrogen and oxygen atoms in total. The molecule has 0 fully saturated rings. The van der Waals surface area contributed by atoms with Crippen molar-refractivity contribution in [2.75, 3.05) is 20.8 Å². The number of hydrogen-bond donors (Lipinski definition) is 1. The molecule has 0 aliphatic heterocycles. The molecule has 0 amide bonds. The number of methoxy groups -OCH3 is 2. The average molecular weight is 146 g/mol. The van der Waals surface area contributed by atoms with Gasteiger partial charge in [-0.05, 0) is 12.5 Å². The van der Waals surface area contributed by atoms with Crippen LogP contribution in [-0.4, -0.2) is 32.0 Å². The highest BCUT2D eigenvalue weighted by molar-refractivity contribution is 4.77. The lowest BCUT2D eigenvalue weighted by molar-refractivity contribution is 0.0509. The fourth-order valence-corrected chi connectivity index (χ4v) is 0.549. The van der Waals surface area contributed by atoms with Crippen molar-refractivity contribution < 1.29 is 14.6 Å². The molecular weight excluding hydrogens is 132 g/mol. The van der Waals surface area contributed by atoms with Gasteiger partial charge in [-0.25, -0.2) is 0 Å². The summed E-state index contributed by atoms with van der Waals surface area (Å²) in [4.78, 5) is 0. The Hall–Kier alpha value is -0.540. The van der Waals surface area contributed by atoms with E-state index in [2.05, 4.69) is 4.74 Å². The zero-order valence-corrected chi connectivity index (χ0v) is 6.41. The Morgan fingerprint density at radius 2 is 2.20 bits per heavy atom. The zero-order valence-electron chi connectivity index (χ0n) is 6.41. The molecule has 0 rings (SSSR count). The predicted molar refractivity (Wildman–Crippen MR) is 38.6 cm³/mol. The lowest BCUT2D eigenvalue weighted by Crippen LogP contribution is -2.13. The van der Waals surface area contributed by atoms with Crippen molar-refractivity contribution in [1.82, 2.24) is 0 Å². The van der Waals surface area contributed by atoms with E-state index >= 15 is 0 Å². The van der Waals surface area contributed by atoms with Gasteiger partial charge in [0.15, 0.2) is 0 Å². The number of aliphatic hydroxyl groups is 1. The first-order chi connectivity index (χ1) is 4.85. The molecule has 0 aromatic heterocycles. The molecule has 0 aromatic carbocycles. The Labute approximate surface area is 61.3 Å². The van der Waals surface area contributed by atoms with Crippen LogP contribution in [0.1, 0.15) is 6.42 Å². The Morgan fingerprint density at radius 3 is 2.60 bits per heavy atom. The van der Waals surface area contributed by atoms with E-state index in [0.717, 1.165) is 0 Å². The molecule has 0 saturated heterocycles. The summed E-state index contributed by atoms with van der Waals surface area (Å²) in [5, 5.41) is 8.63. The molecule has 0 aromatic rings. The molecule has 0 aliphatic rings. The van der Waals surface area contributed by atoms with Gasteiger partial charge in [0.2, 0.25) is 0 Å². The smallest absolute Gasteiger partial charge is 0.0837 e. The predicted octanol–water partition coefficient (Wildman–Crippen LogP) is 0.544.